The average Bonchev–Trinajstić information content (AvgIpc) is 3.50. The smallest absolute Gasteiger partial charge is 0.407 e. The highest BCUT2D eigenvalue weighted by atomic mass is 16.6. The molecule has 10 heteroatoms. The molecule has 1 unspecified atom stereocenters. The lowest BCUT2D eigenvalue weighted by Crippen LogP contribution is -2.30. The molecule has 1 saturated carbocycles. The van der Waals surface area contributed by atoms with Crippen LogP contribution >= 0.6 is 0 Å². The van der Waals surface area contributed by atoms with Crippen LogP contribution in [-0.4, -0.2) is 91.8 Å². The number of terminal acetylenes is 1. The van der Waals surface area contributed by atoms with Crippen molar-refractivity contribution in [3.63, 3.8) is 0 Å². The molecular weight excluding hydrogens is 444 g/mol. The predicted molar refractivity (Wildman–Crippen MR) is 126 cm³/mol. The molecule has 0 spiro atoms. The molecule has 0 radical (unpaired) electrons. The molecule has 1 fully saturated rings. The third-order valence-corrected chi connectivity index (χ3v) is 5.46. The molecule has 2 N–H and O–H groups in total. The molecule has 10 nitrogen and oxygen atoms in total. The van der Waals surface area contributed by atoms with Gasteiger partial charge in [0.25, 0.3) is 0 Å². The maximum Gasteiger partial charge on any atom is 0.407 e. The van der Waals surface area contributed by atoms with E-state index in [1.165, 1.54) is 0 Å². The number of carbonyl (C=O) groups is 2. The second kappa shape index (κ2) is 20.3. The summed E-state index contributed by atoms with van der Waals surface area (Å²) < 4.78 is 31.1. The van der Waals surface area contributed by atoms with Gasteiger partial charge in [-0.15, -0.1) is 12.3 Å². The molecule has 0 aromatic carbocycles. The van der Waals surface area contributed by atoms with Gasteiger partial charge in [-0.1, -0.05) is 19.8 Å². The number of hydrogen-bond donors (Lipinski definition) is 2. The highest BCUT2D eigenvalue weighted by Gasteiger charge is 2.48. The summed E-state index contributed by atoms with van der Waals surface area (Å²) in [6, 6.07) is 0. The highest BCUT2D eigenvalue weighted by molar-refractivity contribution is 5.67. The largest absolute Gasteiger partial charge is 0.449 e. The number of hydrogen-bond acceptors (Lipinski definition) is 8. The summed E-state index contributed by atoms with van der Waals surface area (Å²) in [5.41, 5.74) is 0. The summed E-state index contributed by atoms with van der Waals surface area (Å²) >= 11 is 0. The third-order valence-electron chi connectivity index (χ3n) is 5.46. The van der Waals surface area contributed by atoms with E-state index >= 15 is 0 Å². The molecule has 1 rings (SSSR count). The first kappa shape index (κ1) is 30.0. The Morgan fingerprint density at radius 3 is 1.94 bits per heavy atom. The van der Waals surface area contributed by atoms with Gasteiger partial charge >= 0.3 is 12.2 Å². The molecular formula is C24H42N2O8. The average molecular weight is 487 g/mol. The summed E-state index contributed by atoms with van der Waals surface area (Å²) in [5.74, 6) is 4.33. The second-order valence-electron chi connectivity index (χ2n) is 7.94. The Kier molecular flexibility index (Phi) is 17.9. The maximum atomic E-state index is 11.8. The fraction of sp³-hybridized carbons (Fsp3) is 0.833. The Morgan fingerprint density at radius 1 is 0.765 bits per heavy atom. The van der Waals surface area contributed by atoms with Gasteiger partial charge in [-0.05, 0) is 24.2 Å². The zero-order valence-electron chi connectivity index (χ0n) is 20.7. The summed E-state index contributed by atoms with van der Waals surface area (Å²) in [6.45, 7) is 6.27. The van der Waals surface area contributed by atoms with E-state index in [4.69, 9.17) is 34.8 Å². The van der Waals surface area contributed by atoms with Gasteiger partial charge in [0, 0.05) is 26.6 Å². The van der Waals surface area contributed by atoms with Crippen molar-refractivity contribution in [2.45, 2.75) is 32.6 Å². The number of ether oxygens (including phenoxy) is 6. The number of alkyl carbamates (subject to hydrolysis) is 2. The summed E-state index contributed by atoms with van der Waals surface area (Å²) in [5, 5.41) is 5.27. The van der Waals surface area contributed by atoms with Crippen molar-refractivity contribution < 1.29 is 38.0 Å². The number of methoxy groups -OCH3 is 1. The molecule has 2 amide bonds. The van der Waals surface area contributed by atoms with Crippen molar-refractivity contribution in [3.8, 4) is 12.3 Å². The van der Waals surface area contributed by atoms with E-state index in [1.54, 1.807) is 7.11 Å². The SMILES string of the molecule is C#CCCC1[C@@H](CCC)[C@H]1COC(=O)NCCOCCOCCNC(=O)OCCOCCOC. The van der Waals surface area contributed by atoms with E-state index in [2.05, 4.69) is 23.5 Å². The minimum absolute atomic E-state index is 0.179. The molecule has 0 aromatic heterocycles. The predicted octanol–water partition coefficient (Wildman–Crippen LogP) is 2.21. The molecule has 3 atom stereocenters. The topological polar surface area (TPSA) is 114 Å². The number of amides is 2. The van der Waals surface area contributed by atoms with Crippen molar-refractivity contribution in [2.24, 2.45) is 17.8 Å². The van der Waals surface area contributed by atoms with Crippen LogP contribution in [0.5, 0.6) is 0 Å². The fourth-order valence-electron chi connectivity index (χ4n) is 3.70. The van der Waals surface area contributed by atoms with Gasteiger partial charge in [0.05, 0.1) is 52.9 Å². The molecule has 0 saturated heterocycles. The van der Waals surface area contributed by atoms with Crippen LogP contribution in [0.25, 0.3) is 0 Å². The van der Waals surface area contributed by atoms with E-state index in [1.807, 2.05) is 0 Å². The minimum Gasteiger partial charge on any atom is -0.449 e. The van der Waals surface area contributed by atoms with E-state index in [-0.39, 0.29) is 6.61 Å². The fourth-order valence-corrected chi connectivity index (χ4v) is 3.70. The van der Waals surface area contributed by atoms with Crippen LogP contribution in [0.1, 0.15) is 32.6 Å². The molecule has 0 bridgehead atoms. The Bertz CT molecular complexity index is 584. The van der Waals surface area contributed by atoms with Crippen molar-refractivity contribution in [1.29, 1.82) is 0 Å². The Morgan fingerprint density at radius 2 is 1.32 bits per heavy atom. The maximum absolute atomic E-state index is 11.8. The Hall–Kier alpha value is -2.06. The quantitative estimate of drug-likeness (QED) is 0.188. The summed E-state index contributed by atoms with van der Waals surface area (Å²) in [6.07, 6.45) is 8.51. The van der Waals surface area contributed by atoms with Gasteiger partial charge in [-0.3, -0.25) is 0 Å². The molecule has 1 aliphatic carbocycles. The van der Waals surface area contributed by atoms with Gasteiger partial charge in [-0.2, -0.15) is 0 Å². The van der Waals surface area contributed by atoms with Crippen LogP contribution < -0.4 is 10.6 Å². The summed E-state index contributed by atoms with van der Waals surface area (Å²) in [7, 11) is 1.59. The van der Waals surface area contributed by atoms with E-state index in [9.17, 15) is 9.59 Å². The summed E-state index contributed by atoms with van der Waals surface area (Å²) in [4.78, 5) is 23.3. The lowest BCUT2D eigenvalue weighted by atomic mass is 10.1. The normalized spacial score (nSPS) is 18.7. The highest BCUT2D eigenvalue weighted by Crippen LogP contribution is 2.51. The van der Waals surface area contributed by atoms with E-state index in [0.717, 1.165) is 25.7 Å². The van der Waals surface area contributed by atoms with Gasteiger partial charge in [0.1, 0.15) is 6.61 Å². The van der Waals surface area contributed by atoms with Crippen LogP contribution in [0.15, 0.2) is 0 Å². The van der Waals surface area contributed by atoms with Gasteiger partial charge < -0.3 is 39.1 Å². The van der Waals surface area contributed by atoms with Crippen LogP contribution in [0, 0.1) is 30.1 Å². The third kappa shape index (κ3) is 15.0. The van der Waals surface area contributed by atoms with Crippen molar-refractivity contribution in [3.05, 3.63) is 0 Å². The first-order chi connectivity index (χ1) is 16.6. The van der Waals surface area contributed by atoms with Gasteiger partial charge in [0.15, 0.2) is 0 Å². The Labute approximate surface area is 203 Å². The zero-order chi connectivity index (χ0) is 24.9. The number of nitrogens with one attached hydrogen (secondary N) is 2. The van der Waals surface area contributed by atoms with Crippen LogP contribution in [0.3, 0.4) is 0 Å². The van der Waals surface area contributed by atoms with Crippen LogP contribution in [0.4, 0.5) is 9.59 Å². The van der Waals surface area contributed by atoms with Gasteiger partial charge in [0.2, 0.25) is 0 Å². The molecule has 0 aliphatic heterocycles. The van der Waals surface area contributed by atoms with Gasteiger partial charge in [-0.25, -0.2) is 9.59 Å². The molecule has 196 valence electrons. The number of rotatable bonds is 21. The van der Waals surface area contributed by atoms with Crippen LogP contribution in [-0.2, 0) is 28.4 Å². The minimum atomic E-state index is -0.515. The van der Waals surface area contributed by atoms with Crippen molar-refractivity contribution in [1.82, 2.24) is 10.6 Å². The molecule has 34 heavy (non-hydrogen) atoms. The first-order valence-corrected chi connectivity index (χ1v) is 12.1. The number of carbonyl (C=O) groups excluding carboxylic acids is 2. The lowest BCUT2D eigenvalue weighted by molar-refractivity contribution is 0.0389. The van der Waals surface area contributed by atoms with Crippen LogP contribution in [0.2, 0.25) is 0 Å². The molecule has 1 aliphatic rings. The molecule has 0 aromatic rings. The zero-order valence-corrected chi connectivity index (χ0v) is 20.7. The molecule has 0 heterocycles. The van der Waals surface area contributed by atoms with Crippen molar-refractivity contribution >= 4 is 12.2 Å². The lowest BCUT2D eigenvalue weighted by Gasteiger charge is -2.09. The second-order valence-corrected chi connectivity index (χ2v) is 7.94. The first-order valence-electron chi connectivity index (χ1n) is 12.1. The Balaban J connectivity index is 1.87. The standard InChI is InChI=1S/C24H42N2O8/c1-4-6-8-21-20(7-5-2)22(21)19-34-24(28)26-10-12-31-16-15-30-11-9-25-23(27)33-18-17-32-14-13-29-3/h1,20-22H,5-19H2,2-3H3,(H,25,27)(H,26,28)/t20-,21?,22-/m1/s1. The van der Waals surface area contributed by atoms with E-state index < -0.39 is 12.2 Å². The monoisotopic (exact) mass is 486 g/mol. The van der Waals surface area contributed by atoms with Crippen molar-refractivity contribution in [2.75, 3.05) is 79.7 Å². The van der Waals surface area contributed by atoms with E-state index in [0.29, 0.717) is 83.7 Å².